The van der Waals surface area contributed by atoms with Crippen LogP contribution in [0.2, 0.25) is 0 Å². The molecule has 0 aromatic heterocycles. The molecular formula is C15H14N2O2. The summed E-state index contributed by atoms with van der Waals surface area (Å²) in [6.45, 7) is 0. The third kappa shape index (κ3) is 2.01. The van der Waals surface area contributed by atoms with Crippen molar-refractivity contribution in [3.8, 4) is 5.75 Å². The largest absolute Gasteiger partial charge is 0.497 e. The van der Waals surface area contributed by atoms with Gasteiger partial charge in [-0.05, 0) is 30.3 Å². The Morgan fingerprint density at radius 1 is 1.16 bits per heavy atom. The summed E-state index contributed by atoms with van der Waals surface area (Å²) < 4.78 is 5.13. The van der Waals surface area contributed by atoms with Crippen LogP contribution >= 0.6 is 0 Å². The van der Waals surface area contributed by atoms with Crippen molar-refractivity contribution in [1.29, 1.82) is 0 Å². The molecule has 1 N–H and O–H groups in total. The molecule has 1 unspecified atom stereocenters. The average molecular weight is 254 g/mol. The third-order valence-electron chi connectivity index (χ3n) is 3.18. The van der Waals surface area contributed by atoms with E-state index in [4.69, 9.17) is 4.74 Å². The van der Waals surface area contributed by atoms with E-state index in [9.17, 15) is 4.79 Å². The zero-order valence-electron chi connectivity index (χ0n) is 10.5. The molecule has 2 aliphatic rings. The van der Waals surface area contributed by atoms with E-state index in [1.807, 2.05) is 54.6 Å². The molecule has 1 saturated heterocycles. The second-order valence-corrected chi connectivity index (χ2v) is 4.32. The molecule has 0 radical (unpaired) electrons. The van der Waals surface area contributed by atoms with Crippen LogP contribution in [0.3, 0.4) is 0 Å². The number of allylic oxidation sites excluding steroid dienone is 4. The fourth-order valence-electron chi connectivity index (χ4n) is 2.24. The zero-order chi connectivity index (χ0) is 13.2. The number of carbonyl (C=O) groups is 1. The highest BCUT2D eigenvalue weighted by atomic mass is 16.5. The maximum atomic E-state index is 12.1. The van der Waals surface area contributed by atoms with Crippen molar-refractivity contribution in [3.05, 3.63) is 60.3 Å². The Hall–Kier alpha value is -2.49. The number of nitrogens with zero attached hydrogens (tertiary/aromatic N) is 1. The Bertz CT molecular complexity index is 585. The highest BCUT2D eigenvalue weighted by Gasteiger charge is 2.33. The van der Waals surface area contributed by atoms with E-state index >= 15 is 0 Å². The van der Waals surface area contributed by atoms with Crippen LogP contribution < -0.4 is 15.0 Å². The summed E-state index contributed by atoms with van der Waals surface area (Å²) in [6, 6.07) is 7.27. The molecule has 1 aliphatic carbocycles. The van der Waals surface area contributed by atoms with Crippen LogP contribution in [0.5, 0.6) is 5.75 Å². The summed E-state index contributed by atoms with van der Waals surface area (Å²) in [5.74, 6) is 0.773. The number of hydrogen-bond acceptors (Lipinski definition) is 2. The Balaban J connectivity index is 1.98. The first-order valence-corrected chi connectivity index (χ1v) is 6.09. The molecule has 1 atom stereocenters. The zero-order valence-corrected chi connectivity index (χ0v) is 10.5. The van der Waals surface area contributed by atoms with Gasteiger partial charge in [0.05, 0.1) is 24.5 Å². The van der Waals surface area contributed by atoms with Crippen LogP contribution in [0, 0.1) is 0 Å². The number of anilines is 1. The molecule has 1 aromatic rings. The summed E-state index contributed by atoms with van der Waals surface area (Å²) in [4.78, 5) is 13.8. The minimum Gasteiger partial charge on any atom is -0.497 e. The molecule has 3 rings (SSSR count). The van der Waals surface area contributed by atoms with Crippen LogP contribution in [-0.4, -0.2) is 19.2 Å². The molecule has 0 saturated carbocycles. The van der Waals surface area contributed by atoms with Gasteiger partial charge in [-0.25, -0.2) is 4.79 Å². The van der Waals surface area contributed by atoms with E-state index in [0.29, 0.717) is 0 Å². The van der Waals surface area contributed by atoms with Gasteiger partial charge < -0.3 is 10.1 Å². The van der Waals surface area contributed by atoms with Gasteiger partial charge >= 0.3 is 6.03 Å². The topological polar surface area (TPSA) is 41.6 Å². The first-order valence-electron chi connectivity index (χ1n) is 6.09. The molecule has 0 spiro atoms. The molecule has 1 fully saturated rings. The first kappa shape index (κ1) is 11.6. The third-order valence-corrected chi connectivity index (χ3v) is 3.18. The van der Waals surface area contributed by atoms with Crippen molar-refractivity contribution in [2.24, 2.45) is 0 Å². The molecule has 96 valence electrons. The Morgan fingerprint density at radius 3 is 2.68 bits per heavy atom. The average Bonchev–Trinajstić information content (AvgIpc) is 2.61. The Labute approximate surface area is 111 Å². The van der Waals surface area contributed by atoms with E-state index in [0.717, 1.165) is 17.1 Å². The normalized spacial score (nSPS) is 20.7. The van der Waals surface area contributed by atoms with Crippen molar-refractivity contribution < 1.29 is 9.53 Å². The number of benzene rings is 1. The van der Waals surface area contributed by atoms with Gasteiger partial charge in [-0.2, -0.15) is 0 Å². The molecule has 2 amide bonds. The lowest BCUT2D eigenvalue weighted by atomic mass is 10.2. The lowest BCUT2D eigenvalue weighted by molar-refractivity contribution is 0.251. The lowest BCUT2D eigenvalue weighted by Gasteiger charge is -2.17. The van der Waals surface area contributed by atoms with Crippen LogP contribution in [0.15, 0.2) is 60.3 Å². The highest BCUT2D eigenvalue weighted by Crippen LogP contribution is 2.29. The molecule has 4 nitrogen and oxygen atoms in total. The molecule has 0 bridgehead atoms. The molecule has 1 aromatic carbocycles. The summed E-state index contributed by atoms with van der Waals surface area (Å²) >= 11 is 0. The number of methoxy groups -OCH3 is 1. The van der Waals surface area contributed by atoms with Gasteiger partial charge in [0, 0.05) is 0 Å². The summed E-state index contributed by atoms with van der Waals surface area (Å²) in [5, 5.41) is 2.93. The van der Waals surface area contributed by atoms with Gasteiger partial charge in [0.15, 0.2) is 0 Å². The van der Waals surface area contributed by atoms with Crippen molar-refractivity contribution in [1.82, 2.24) is 5.32 Å². The first-order chi connectivity index (χ1) is 9.29. The SMILES string of the molecule is COc1ccc(N2C(=O)NC3C=CC=CC=C32)cc1. The van der Waals surface area contributed by atoms with Gasteiger partial charge in [0.2, 0.25) is 0 Å². The fraction of sp³-hybridized carbons (Fsp3) is 0.133. The number of ether oxygens (including phenoxy) is 1. The maximum absolute atomic E-state index is 12.1. The van der Waals surface area contributed by atoms with Gasteiger partial charge in [-0.1, -0.05) is 24.3 Å². The molecule has 1 aliphatic heterocycles. The highest BCUT2D eigenvalue weighted by molar-refractivity contribution is 5.99. The van der Waals surface area contributed by atoms with E-state index in [-0.39, 0.29) is 12.1 Å². The number of nitrogens with one attached hydrogen (secondary N) is 1. The van der Waals surface area contributed by atoms with Crippen molar-refractivity contribution >= 4 is 11.7 Å². The number of carbonyl (C=O) groups excluding carboxylic acids is 1. The molecule has 19 heavy (non-hydrogen) atoms. The molecule has 4 heteroatoms. The van der Waals surface area contributed by atoms with Crippen molar-refractivity contribution in [2.45, 2.75) is 6.04 Å². The summed E-state index contributed by atoms with van der Waals surface area (Å²) in [7, 11) is 1.62. The summed E-state index contributed by atoms with van der Waals surface area (Å²) in [5.41, 5.74) is 1.76. The van der Waals surface area contributed by atoms with E-state index < -0.39 is 0 Å². The number of urea groups is 1. The quantitative estimate of drug-likeness (QED) is 0.881. The van der Waals surface area contributed by atoms with Gasteiger partial charge in [0.25, 0.3) is 0 Å². The maximum Gasteiger partial charge on any atom is 0.327 e. The smallest absolute Gasteiger partial charge is 0.327 e. The number of amides is 2. The predicted molar refractivity (Wildman–Crippen MR) is 74.2 cm³/mol. The number of hydrogen-bond donors (Lipinski definition) is 1. The van der Waals surface area contributed by atoms with Crippen molar-refractivity contribution in [3.63, 3.8) is 0 Å². The van der Waals surface area contributed by atoms with Crippen LogP contribution in [-0.2, 0) is 0 Å². The van der Waals surface area contributed by atoms with Crippen LogP contribution in [0.4, 0.5) is 10.5 Å². The van der Waals surface area contributed by atoms with E-state index in [1.165, 1.54) is 0 Å². The second kappa shape index (κ2) is 4.65. The number of fused-ring (bicyclic) bond motifs is 1. The van der Waals surface area contributed by atoms with Crippen LogP contribution in [0.1, 0.15) is 0 Å². The minimum absolute atomic E-state index is 0.0652. The van der Waals surface area contributed by atoms with Gasteiger partial charge in [-0.3, -0.25) is 4.90 Å². The monoisotopic (exact) mass is 254 g/mol. The fourth-order valence-corrected chi connectivity index (χ4v) is 2.24. The molecule has 1 heterocycles. The second-order valence-electron chi connectivity index (χ2n) is 4.32. The van der Waals surface area contributed by atoms with Crippen LogP contribution in [0.25, 0.3) is 0 Å². The van der Waals surface area contributed by atoms with Gasteiger partial charge in [0.1, 0.15) is 5.75 Å². The minimum atomic E-state index is -0.110. The van der Waals surface area contributed by atoms with Crippen molar-refractivity contribution in [2.75, 3.05) is 12.0 Å². The van der Waals surface area contributed by atoms with E-state index in [2.05, 4.69) is 5.32 Å². The van der Waals surface area contributed by atoms with Gasteiger partial charge in [-0.15, -0.1) is 0 Å². The standard InChI is InChI=1S/C15H14N2O2/c1-19-12-9-7-11(8-10-12)17-14-6-4-2-3-5-13(14)16-15(17)18/h2-10,13H,1H3,(H,16,18). The predicted octanol–water partition coefficient (Wildman–Crippen LogP) is 2.60. The van der Waals surface area contributed by atoms with E-state index in [1.54, 1.807) is 12.0 Å². The Kier molecular flexibility index (Phi) is 2.83. The number of rotatable bonds is 2. The lowest BCUT2D eigenvalue weighted by Crippen LogP contribution is -2.27. The molecular weight excluding hydrogens is 240 g/mol. The Morgan fingerprint density at radius 2 is 1.95 bits per heavy atom. The summed E-state index contributed by atoms with van der Waals surface area (Å²) in [6.07, 6.45) is 9.74.